The number of carbonyl (C=O) groups excluding carboxylic acids is 1. The Bertz CT molecular complexity index is 1370. The lowest BCUT2D eigenvalue weighted by atomic mass is 10.1. The number of fused-ring (bicyclic) bond motifs is 1. The molecule has 31 heavy (non-hydrogen) atoms. The lowest BCUT2D eigenvalue weighted by Gasteiger charge is -2.10. The number of nitrogens with one attached hydrogen (secondary N) is 2. The molecule has 7 nitrogen and oxygen atoms in total. The van der Waals surface area contributed by atoms with E-state index in [1.54, 1.807) is 49.5 Å². The molecular formula is C24H21N3O4. The first kappa shape index (κ1) is 20.2. The molecule has 1 amide bonds. The molecule has 0 aliphatic rings. The second-order valence-electron chi connectivity index (χ2n) is 7.29. The highest BCUT2D eigenvalue weighted by Gasteiger charge is 2.12. The average Bonchev–Trinajstić information content (AvgIpc) is 2.75. The van der Waals surface area contributed by atoms with Gasteiger partial charge in [0.25, 0.3) is 5.56 Å². The fourth-order valence-electron chi connectivity index (χ4n) is 3.36. The van der Waals surface area contributed by atoms with Crippen molar-refractivity contribution < 1.29 is 9.53 Å². The van der Waals surface area contributed by atoms with E-state index in [-0.39, 0.29) is 12.3 Å². The summed E-state index contributed by atoms with van der Waals surface area (Å²) >= 11 is 0. The van der Waals surface area contributed by atoms with Crippen LogP contribution in [0.5, 0.6) is 11.5 Å². The minimum absolute atomic E-state index is 0.000240. The van der Waals surface area contributed by atoms with E-state index in [0.29, 0.717) is 27.9 Å². The van der Waals surface area contributed by atoms with Crippen LogP contribution in [0.2, 0.25) is 0 Å². The summed E-state index contributed by atoms with van der Waals surface area (Å²) in [6.45, 7) is 2.01. The van der Waals surface area contributed by atoms with Gasteiger partial charge in [-0.2, -0.15) is 0 Å². The van der Waals surface area contributed by atoms with Crippen LogP contribution in [-0.2, 0) is 18.3 Å². The number of hydrogen-bond acceptors (Lipinski definition) is 4. The van der Waals surface area contributed by atoms with Crippen LogP contribution in [0.15, 0.2) is 76.3 Å². The van der Waals surface area contributed by atoms with Crippen LogP contribution in [0, 0.1) is 6.92 Å². The number of hydrogen-bond donors (Lipinski definition) is 2. The van der Waals surface area contributed by atoms with Gasteiger partial charge in [0.05, 0.1) is 17.3 Å². The molecule has 1 aromatic heterocycles. The van der Waals surface area contributed by atoms with Crippen molar-refractivity contribution in [2.75, 3.05) is 5.32 Å². The van der Waals surface area contributed by atoms with Gasteiger partial charge in [0.2, 0.25) is 5.91 Å². The molecule has 3 aromatic carbocycles. The Labute approximate surface area is 177 Å². The minimum atomic E-state index is -0.501. The molecule has 0 saturated carbocycles. The van der Waals surface area contributed by atoms with E-state index in [4.69, 9.17) is 4.74 Å². The van der Waals surface area contributed by atoms with Crippen molar-refractivity contribution in [1.29, 1.82) is 0 Å². The Morgan fingerprint density at radius 2 is 1.61 bits per heavy atom. The number of rotatable bonds is 5. The van der Waals surface area contributed by atoms with E-state index < -0.39 is 11.2 Å². The summed E-state index contributed by atoms with van der Waals surface area (Å²) in [7, 11) is 1.57. The van der Waals surface area contributed by atoms with Crippen LogP contribution in [-0.4, -0.2) is 15.5 Å². The van der Waals surface area contributed by atoms with Crippen LogP contribution in [0.1, 0.15) is 11.1 Å². The molecule has 4 rings (SSSR count). The van der Waals surface area contributed by atoms with Crippen molar-refractivity contribution in [2.24, 2.45) is 7.05 Å². The number of carbonyl (C=O) groups is 1. The fraction of sp³-hybridized carbons (Fsp3) is 0.125. The summed E-state index contributed by atoms with van der Waals surface area (Å²) < 4.78 is 7.14. The molecule has 1 heterocycles. The Hall–Kier alpha value is -4.13. The minimum Gasteiger partial charge on any atom is -0.457 e. The maximum Gasteiger partial charge on any atom is 0.328 e. The molecule has 156 valence electrons. The monoisotopic (exact) mass is 415 g/mol. The number of aryl methyl sites for hydroxylation is 2. The van der Waals surface area contributed by atoms with Gasteiger partial charge in [-0.1, -0.05) is 29.8 Å². The Morgan fingerprint density at radius 3 is 2.29 bits per heavy atom. The SMILES string of the molecule is Cc1ccc(Oc2ccc(NC(=O)Cc3cccc4c3c(=O)[nH]c(=O)n4C)cc2)cc1. The number of aromatic amines is 1. The first-order valence-electron chi connectivity index (χ1n) is 9.76. The van der Waals surface area contributed by atoms with Crippen LogP contribution in [0.4, 0.5) is 5.69 Å². The highest BCUT2D eigenvalue weighted by molar-refractivity contribution is 5.95. The lowest BCUT2D eigenvalue weighted by molar-refractivity contribution is -0.115. The maximum atomic E-state index is 12.6. The second-order valence-corrected chi connectivity index (χ2v) is 7.29. The number of ether oxygens (including phenoxy) is 1. The molecule has 4 aromatic rings. The number of nitrogens with zero attached hydrogens (tertiary/aromatic N) is 1. The van der Waals surface area contributed by atoms with E-state index in [9.17, 15) is 14.4 Å². The largest absolute Gasteiger partial charge is 0.457 e. The molecule has 0 aliphatic heterocycles. The van der Waals surface area contributed by atoms with Gasteiger partial charge in [-0.05, 0) is 55.0 Å². The number of H-pyrrole nitrogens is 1. The van der Waals surface area contributed by atoms with Gasteiger partial charge in [0.1, 0.15) is 11.5 Å². The normalized spacial score (nSPS) is 10.8. The van der Waals surface area contributed by atoms with Gasteiger partial charge in [0.15, 0.2) is 0 Å². The van der Waals surface area contributed by atoms with Gasteiger partial charge in [-0.3, -0.25) is 19.1 Å². The van der Waals surface area contributed by atoms with Gasteiger partial charge >= 0.3 is 5.69 Å². The number of aromatic nitrogens is 2. The van der Waals surface area contributed by atoms with Crippen molar-refractivity contribution in [3.05, 3.63) is 98.7 Å². The van der Waals surface area contributed by atoms with Gasteiger partial charge in [-0.25, -0.2) is 4.79 Å². The second kappa shape index (κ2) is 8.31. The zero-order chi connectivity index (χ0) is 22.0. The third-order valence-electron chi connectivity index (χ3n) is 4.99. The molecule has 0 radical (unpaired) electrons. The Morgan fingerprint density at radius 1 is 0.968 bits per heavy atom. The van der Waals surface area contributed by atoms with E-state index in [0.717, 1.165) is 11.3 Å². The average molecular weight is 415 g/mol. The highest BCUT2D eigenvalue weighted by atomic mass is 16.5. The van der Waals surface area contributed by atoms with Gasteiger partial charge in [-0.15, -0.1) is 0 Å². The predicted molar refractivity (Wildman–Crippen MR) is 120 cm³/mol. The summed E-state index contributed by atoms with van der Waals surface area (Å²) in [5.74, 6) is 1.12. The molecule has 7 heteroatoms. The molecule has 0 fully saturated rings. The topological polar surface area (TPSA) is 93.2 Å². The van der Waals surface area contributed by atoms with Crippen molar-refractivity contribution in [2.45, 2.75) is 13.3 Å². The fourth-order valence-corrected chi connectivity index (χ4v) is 3.36. The molecule has 0 atom stereocenters. The lowest BCUT2D eigenvalue weighted by Crippen LogP contribution is -2.29. The van der Waals surface area contributed by atoms with Crippen LogP contribution >= 0.6 is 0 Å². The summed E-state index contributed by atoms with van der Waals surface area (Å²) in [5.41, 5.74) is 1.80. The first-order valence-corrected chi connectivity index (χ1v) is 9.76. The molecule has 0 unspecified atom stereocenters. The van der Waals surface area contributed by atoms with Crippen molar-refractivity contribution >= 4 is 22.5 Å². The molecule has 0 aliphatic carbocycles. The maximum absolute atomic E-state index is 12.6. The molecule has 0 bridgehead atoms. The Kier molecular flexibility index (Phi) is 5.41. The van der Waals surface area contributed by atoms with E-state index in [2.05, 4.69) is 10.3 Å². The van der Waals surface area contributed by atoms with E-state index in [1.165, 1.54) is 4.57 Å². The summed E-state index contributed by atoms with van der Waals surface area (Å²) in [6.07, 6.45) is 0.000240. The summed E-state index contributed by atoms with van der Waals surface area (Å²) in [4.78, 5) is 39.0. The standard InChI is InChI=1S/C24H21N3O4/c1-15-6-10-18(11-7-15)31-19-12-8-17(9-13-19)25-21(28)14-16-4-3-5-20-22(16)23(29)26-24(30)27(20)2/h3-13H,14H2,1-2H3,(H,25,28)(H,26,29,30). The quantitative estimate of drug-likeness (QED) is 0.522. The highest BCUT2D eigenvalue weighted by Crippen LogP contribution is 2.23. The van der Waals surface area contributed by atoms with Crippen LogP contribution < -0.4 is 21.3 Å². The molecular weight excluding hydrogens is 394 g/mol. The molecule has 2 N–H and O–H groups in total. The summed E-state index contributed by atoms with van der Waals surface area (Å²) in [6, 6.07) is 19.9. The van der Waals surface area contributed by atoms with Crippen LogP contribution in [0.3, 0.4) is 0 Å². The third-order valence-corrected chi connectivity index (χ3v) is 4.99. The zero-order valence-corrected chi connectivity index (χ0v) is 17.1. The van der Waals surface area contributed by atoms with Gasteiger partial charge < -0.3 is 10.1 Å². The number of anilines is 1. The first-order chi connectivity index (χ1) is 14.9. The summed E-state index contributed by atoms with van der Waals surface area (Å²) in [5, 5.41) is 3.16. The third kappa shape index (κ3) is 4.40. The zero-order valence-electron chi connectivity index (χ0n) is 17.1. The molecule has 0 saturated heterocycles. The molecule has 0 spiro atoms. The number of benzene rings is 3. The van der Waals surface area contributed by atoms with Gasteiger partial charge in [0, 0.05) is 12.7 Å². The Balaban J connectivity index is 1.48. The van der Waals surface area contributed by atoms with E-state index >= 15 is 0 Å². The van der Waals surface area contributed by atoms with E-state index in [1.807, 2.05) is 31.2 Å². The predicted octanol–water partition coefficient (Wildman–Crippen LogP) is 3.51. The van der Waals surface area contributed by atoms with Crippen molar-refractivity contribution in [1.82, 2.24) is 9.55 Å². The van der Waals surface area contributed by atoms with Crippen molar-refractivity contribution in [3.63, 3.8) is 0 Å². The smallest absolute Gasteiger partial charge is 0.328 e. The van der Waals surface area contributed by atoms with Crippen molar-refractivity contribution in [3.8, 4) is 11.5 Å². The number of amides is 1. The van der Waals surface area contributed by atoms with Crippen LogP contribution in [0.25, 0.3) is 10.9 Å².